The van der Waals surface area contributed by atoms with Gasteiger partial charge in [0.05, 0.1) is 0 Å². The fourth-order valence-corrected chi connectivity index (χ4v) is 3.04. The molecule has 2 rings (SSSR count). The SMILES string of the molecule is Cc1cc(NC(=O)CN(C(=O)CC(C)C)C2CCCCC2)no1. The summed E-state index contributed by atoms with van der Waals surface area (Å²) >= 11 is 0. The molecule has 23 heavy (non-hydrogen) atoms. The van der Waals surface area contributed by atoms with Crippen LogP contribution in [0.15, 0.2) is 10.6 Å². The van der Waals surface area contributed by atoms with Gasteiger partial charge in [-0.05, 0) is 25.7 Å². The molecule has 6 heteroatoms. The monoisotopic (exact) mass is 321 g/mol. The van der Waals surface area contributed by atoms with Crippen LogP contribution in [-0.4, -0.2) is 34.5 Å². The highest BCUT2D eigenvalue weighted by atomic mass is 16.5. The van der Waals surface area contributed by atoms with E-state index in [-0.39, 0.29) is 30.3 Å². The topological polar surface area (TPSA) is 75.4 Å². The van der Waals surface area contributed by atoms with Gasteiger partial charge in [-0.1, -0.05) is 38.3 Å². The van der Waals surface area contributed by atoms with Crippen LogP contribution >= 0.6 is 0 Å². The van der Waals surface area contributed by atoms with E-state index >= 15 is 0 Å². The minimum atomic E-state index is -0.221. The Labute approximate surface area is 137 Å². The van der Waals surface area contributed by atoms with E-state index in [2.05, 4.69) is 10.5 Å². The third kappa shape index (κ3) is 5.37. The third-order valence-corrected chi connectivity index (χ3v) is 4.13. The van der Waals surface area contributed by atoms with Crippen molar-refractivity contribution in [3.8, 4) is 0 Å². The van der Waals surface area contributed by atoms with Gasteiger partial charge in [0, 0.05) is 18.5 Å². The van der Waals surface area contributed by atoms with Crippen molar-refractivity contribution in [1.29, 1.82) is 0 Å². The lowest BCUT2D eigenvalue weighted by Crippen LogP contribution is -2.46. The Morgan fingerprint density at radius 2 is 2.04 bits per heavy atom. The Balaban J connectivity index is 2.00. The van der Waals surface area contributed by atoms with E-state index in [1.54, 1.807) is 17.9 Å². The molecule has 1 aliphatic rings. The molecule has 1 aliphatic carbocycles. The summed E-state index contributed by atoms with van der Waals surface area (Å²) in [5.41, 5.74) is 0. The average molecular weight is 321 g/mol. The first kappa shape index (κ1) is 17.5. The molecule has 1 aromatic heterocycles. The first-order chi connectivity index (χ1) is 11.0. The normalized spacial score (nSPS) is 15.7. The number of nitrogens with one attached hydrogen (secondary N) is 1. The van der Waals surface area contributed by atoms with Crippen LogP contribution in [0.25, 0.3) is 0 Å². The summed E-state index contributed by atoms with van der Waals surface area (Å²) in [5.74, 6) is 1.17. The van der Waals surface area contributed by atoms with Crippen molar-refractivity contribution in [3.63, 3.8) is 0 Å². The Morgan fingerprint density at radius 1 is 1.35 bits per heavy atom. The van der Waals surface area contributed by atoms with Crippen LogP contribution in [0, 0.1) is 12.8 Å². The molecule has 1 aromatic rings. The minimum absolute atomic E-state index is 0.0679. The highest BCUT2D eigenvalue weighted by molar-refractivity contribution is 5.93. The minimum Gasteiger partial charge on any atom is -0.360 e. The second kappa shape index (κ2) is 8.13. The maximum absolute atomic E-state index is 12.6. The first-order valence-electron chi connectivity index (χ1n) is 8.48. The number of nitrogens with zero attached hydrogens (tertiary/aromatic N) is 2. The highest BCUT2D eigenvalue weighted by Crippen LogP contribution is 2.24. The molecule has 0 atom stereocenters. The molecule has 1 fully saturated rings. The summed E-state index contributed by atoms with van der Waals surface area (Å²) in [5, 5.41) is 6.46. The number of hydrogen-bond acceptors (Lipinski definition) is 4. The molecular weight excluding hydrogens is 294 g/mol. The van der Waals surface area contributed by atoms with Gasteiger partial charge in [0.2, 0.25) is 11.8 Å². The smallest absolute Gasteiger partial charge is 0.245 e. The quantitative estimate of drug-likeness (QED) is 0.873. The number of aryl methyl sites for hydroxylation is 1. The molecule has 2 amide bonds. The lowest BCUT2D eigenvalue weighted by atomic mass is 9.93. The zero-order valence-corrected chi connectivity index (χ0v) is 14.3. The summed E-state index contributed by atoms with van der Waals surface area (Å²) in [7, 11) is 0. The number of carbonyl (C=O) groups excluding carboxylic acids is 2. The molecule has 0 aliphatic heterocycles. The van der Waals surface area contributed by atoms with Crippen LogP contribution in [0.5, 0.6) is 0 Å². The molecule has 0 saturated heterocycles. The molecule has 1 heterocycles. The Morgan fingerprint density at radius 3 is 2.61 bits per heavy atom. The van der Waals surface area contributed by atoms with Gasteiger partial charge in [0.1, 0.15) is 12.3 Å². The van der Waals surface area contributed by atoms with Gasteiger partial charge in [-0.25, -0.2) is 0 Å². The summed E-state index contributed by atoms with van der Waals surface area (Å²) < 4.78 is 4.94. The largest absolute Gasteiger partial charge is 0.360 e. The van der Waals surface area contributed by atoms with Gasteiger partial charge in [-0.3, -0.25) is 9.59 Å². The van der Waals surface area contributed by atoms with Crippen LogP contribution in [0.2, 0.25) is 0 Å². The van der Waals surface area contributed by atoms with E-state index in [0.717, 1.165) is 25.7 Å². The van der Waals surface area contributed by atoms with Crippen LogP contribution in [-0.2, 0) is 9.59 Å². The number of rotatable bonds is 6. The highest BCUT2D eigenvalue weighted by Gasteiger charge is 2.27. The molecule has 0 spiro atoms. The van der Waals surface area contributed by atoms with Crippen molar-refractivity contribution in [3.05, 3.63) is 11.8 Å². The van der Waals surface area contributed by atoms with Gasteiger partial charge in [-0.2, -0.15) is 0 Å². The average Bonchev–Trinajstić information content (AvgIpc) is 2.90. The molecule has 0 aromatic carbocycles. The summed E-state index contributed by atoms with van der Waals surface area (Å²) in [4.78, 5) is 26.6. The second-order valence-electron chi connectivity index (χ2n) is 6.78. The standard InChI is InChI=1S/C17H27N3O3/c1-12(2)9-17(22)20(14-7-5-4-6-8-14)11-16(21)18-15-10-13(3)23-19-15/h10,12,14H,4-9,11H2,1-3H3,(H,18,19,21). The number of anilines is 1. The zero-order chi connectivity index (χ0) is 16.8. The Kier molecular flexibility index (Phi) is 6.19. The van der Waals surface area contributed by atoms with E-state index in [0.29, 0.717) is 18.0 Å². The van der Waals surface area contributed by atoms with Gasteiger partial charge in [0.15, 0.2) is 5.82 Å². The van der Waals surface area contributed by atoms with Crippen LogP contribution in [0.4, 0.5) is 5.82 Å². The molecule has 1 saturated carbocycles. The van der Waals surface area contributed by atoms with E-state index in [1.807, 2.05) is 13.8 Å². The van der Waals surface area contributed by atoms with Crippen molar-refractivity contribution >= 4 is 17.6 Å². The number of aromatic nitrogens is 1. The number of amides is 2. The van der Waals surface area contributed by atoms with Crippen molar-refractivity contribution in [2.75, 3.05) is 11.9 Å². The maximum atomic E-state index is 12.6. The Bertz CT molecular complexity index is 533. The predicted molar refractivity (Wildman–Crippen MR) is 87.9 cm³/mol. The van der Waals surface area contributed by atoms with Crippen LogP contribution in [0.3, 0.4) is 0 Å². The molecule has 1 N–H and O–H groups in total. The molecular formula is C17H27N3O3. The van der Waals surface area contributed by atoms with Gasteiger partial charge >= 0.3 is 0 Å². The van der Waals surface area contributed by atoms with Crippen molar-refractivity contribution in [1.82, 2.24) is 10.1 Å². The third-order valence-electron chi connectivity index (χ3n) is 4.13. The molecule has 0 radical (unpaired) electrons. The van der Waals surface area contributed by atoms with Gasteiger partial charge in [-0.15, -0.1) is 0 Å². The Hall–Kier alpha value is -1.85. The van der Waals surface area contributed by atoms with Crippen molar-refractivity contribution in [2.45, 2.75) is 65.3 Å². The lowest BCUT2D eigenvalue weighted by Gasteiger charge is -2.34. The second-order valence-corrected chi connectivity index (χ2v) is 6.78. The van der Waals surface area contributed by atoms with Gasteiger partial charge < -0.3 is 14.7 Å². The molecule has 6 nitrogen and oxygen atoms in total. The maximum Gasteiger partial charge on any atom is 0.245 e. The van der Waals surface area contributed by atoms with E-state index in [1.165, 1.54) is 6.42 Å². The molecule has 0 unspecified atom stereocenters. The van der Waals surface area contributed by atoms with Gasteiger partial charge in [0.25, 0.3) is 0 Å². The number of carbonyl (C=O) groups is 2. The van der Waals surface area contributed by atoms with E-state index < -0.39 is 0 Å². The fraction of sp³-hybridized carbons (Fsp3) is 0.706. The lowest BCUT2D eigenvalue weighted by molar-refractivity contribution is -0.138. The van der Waals surface area contributed by atoms with Crippen molar-refractivity contribution in [2.24, 2.45) is 5.92 Å². The van der Waals surface area contributed by atoms with E-state index in [9.17, 15) is 9.59 Å². The number of hydrogen-bond donors (Lipinski definition) is 1. The van der Waals surface area contributed by atoms with Crippen LogP contribution < -0.4 is 5.32 Å². The molecule has 0 bridgehead atoms. The van der Waals surface area contributed by atoms with E-state index in [4.69, 9.17) is 4.52 Å². The zero-order valence-electron chi connectivity index (χ0n) is 14.3. The summed E-state index contributed by atoms with van der Waals surface area (Å²) in [6, 6.07) is 1.85. The summed E-state index contributed by atoms with van der Waals surface area (Å²) in [6.07, 6.45) is 5.92. The summed E-state index contributed by atoms with van der Waals surface area (Å²) in [6.45, 7) is 5.90. The van der Waals surface area contributed by atoms with Crippen molar-refractivity contribution < 1.29 is 14.1 Å². The first-order valence-corrected chi connectivity index (χ1v) is 8.48. The molecule has 128 valence electrons. The van der Waals surface area contributed by atoms with Crippen LogP contribution in [0.1, 0.15) is 58.1 Å². The predicted octanol–water partition coefficient (Wildman–Crippen LogP) is 3.13. The fourth-order valence-electron chi connectivity index (χ4n) is 3.04.